The smallest absolute Gasteiger partial charge is 0.307 e. The van der Waals surface area contributed by atoms with E-state index in [1.54, 1.807) is 0 Å². The fraction of sp³-hybridized carbons (Fsp3) is 0.353. The molecule has 136 valence electrons. The second-order valence-electron chi connectivity index (χ2n) is 5.10. The van der Waals surface area contributed by atoms with Crippen LogP contribution in [-0.4, -0.2) is 38.3 Å². The molecule has 0 fully saturated rings. The molecule has 1 rings (SSSR count). The van der Waals surface area contributed by atoms with Crippen LogP contribution >= 0.6 is 11.6 Å². The Kier molecular flexibility index (Phi) is 8.63. The average Bonchev–Trinajstić information content (AvgIpc) is 2.60. The van der Waals surface area contributed by atoms with Crippen molar-refractivity contribution in [3.63, 3.8) is 0 Å². The second-order valence-corrected chi connectivity index (χ2v) is 5.51. The van der Waals surface area contributed by atoms with Crippen molar-refractivity contribution in [1.29, 1.82) is 5.41 Å². The first-order valence-electron chi connectivity index (χ1n) is 7.73. The lowest BCUT2D eigenvalue weighted by Crippen LogP contribution is -2.26. The minimum Gasteiger partial charge on any atom is -0.469 e. The number of hydrogen-bond acceptors (Lipinski definition) is 5. The monoisotopic (exact) mass is 369 g/mol. The van der Waals surface area contributed by atoms with Gasteiger partial charge in [-0.15, -0.1) is 0 Å². The zero-order chi connectivity index (χ0) is 18.8. The Morgan fingerprint density at radius 3 is 2.52 bits per heavy atom. The topological polar surface area (TPSA) is 91.3 Å². The summed E-state index contributed by atoms with van der Waals surface area (Å²) in [5.74, 6) is -1.58. The van der Waals surface area contributed by atoms with E-state index in [0.29, 0.717) is 17.8 Å². The molecule has 0 aliphatic heterocycles. The number of nitrogens with one attached hydrogen (secondary N) is 3. The van der Waals surface area contributed by atoms with Gasteiger partial charge in [0.15, 0.2) is 0 Å². The first kappa shape index (κ1) is 20.6. The van der Waals surface area contributed by atoms with Crippen LogP contribution in [-0.2, 0) is 9.53 Å². The van der Waals surface area contributed by atoms with Gasteiger partial charge in [0.25, 0.3) is 5.91 Å². The molecule has 1 amide bonds. The van der Waals surface area contributed by atoms with Crippen LogP contribution in [0.1, 0.15) is 35.7 Å². The Bertz CT molecular complexity index is 677. The number of halogens is 2. The van der Waals surface area contributed by atoms with Crippen LogP contribution in [0, 0.1) is 11.2 Å². The Morgan fingerprint density at radius 2 is 1.92 bits per heavy atom. The van der Waals surface area contributed by atoms with Gasteiger partial charge in [-0.05, 0) is 24.6 Å². The number of carbonyl (C=O) groups excluding carboxylic acids is 2. The zero-order valence-electron chi connectivity index (χ0n) is 14.1. The number of rotatable bonds is 9. The van der Waals surface area contributed by atoms with E-state index in [1.165, 1.54) is 19.2 Å². The molecule has 3 N–H and O–H groups in total. The van der Waals surface area contributed by atoms with Crippen molar-refractivity contribution in [2.24, 2.45) is 0 Å². The van der Waals surface area contributed by atoms with E-state index in [9.17, 15) is 14.0 Å². The zero-order valence-corrected chi connectivity index (χ0v) is 14.9. The third kappa shape index (κ3) is 6.54. The minimum atomic E-state index is -0.610. The third-order valence-corrected chi connectivity index (χ3v) is 3.51. The normalized spacial score (nSPS) is 11.4. The Morgan fingerprint density at radius 1 is 1.24 bits per heavy atom. The van der Waals surface area contributed by atoms with Crippen molar-refractivity contribution >= 4 is 35.4 Å². The highest BCUT2D eigenvalue weighted by atomic mass is 35.5. The number of amides is 1. The number of hydrogen-bond donors (Lipinski definition) is 3. The summed E-state index contributed by atoms with van der Waals surface area (Å²) in [6, 6.07) is 3.79. The van der Waals surface area contributed by atoms with E-state index in [2.05, 4.69) is 15.4 Å². The Hall–Kier alpha value is -2.41. The summed E-state index contributed by atoms with van der Waals surface area (Å²) in [4.78, 5) is 23.2. The predicted octanol–water partition coefficient (Wildman–Crippen LogP) is 2.68. The van der Waals surface area contributed by atoms with Crippen molar-refractivity contribution in [3.8, 4) is 0 Å². The fourth-order valence-corrected chi connectivity index (χ4v) is 2.17. The van der Waals surface area contributed by atoms with Gasteiger partial charge in [-0.2, -0.15) is 0 Å². The van der Waals surface area contributed by atoms with Gasteiger partial charge in [-0.25, -0.2) is 4.39 Å². The van der Waals surface area contributed by atoms with Crippen LogP contribution in [0.4, 0.5) is 4.39 Å². The lowest BCUT2D eigenvalue weighted by molar-refractivity contribution is -0.140. The van der Waals surface area contributed by atoms with Gasteiger partial charge in [0, 0.05) is 30.4 Å². The van der Waals surface area contributed by atoms with Gasteiger partial charge in [0.2, 0.25) is 0 Å². The molecule has 0 unspecified atom stereocenters. The number of ether oxygens (including phenoxy) is 1. The molecule has 0 aliphatic carbocycles. The molecule has 0 aromatic heterocycles. The van der Waals surface area contributed by atoms with E-state index in [4.69, 9.17) is 17.0 Å². The van der Waals surface area contributed by atoms with Crippen molar-refractivity contribution < 1.29 is 18.7 Å². The molecule has 0 spiro atoms. The molecule has 25 heavy (non-hydrogen) atoms. The average molecular weight is 370 g/mol. The van der Waals surface area contributed by atoms with Gasteiger partial charge in [0.05, 0.1) is 24.3 Å². The van der Waals surface area contributed by atoms with Crippen molar-refractivity contribution in [3.05, 3.63) is 40.2 Å². The Labute approximate surface area is 150 Å². The van der Waals surface area contributed by atoms with Crippen molar-refractivity contribution in [1.82, 2.24) is 10.6 Å². The molecular weight excluding hydrogens is 349 g/mol. The third-order valence-electron chi connectivity index (χ3n) is 3.21. The minimum absolute atomic E-state index is 0.0211. The van der Waals surface area contributed by atoms with E-state index in [0.717, 1.165) is 18.7 Å². The number of esters is 1. The van der Waals surface area contributed by atoms with Gasteiger partial charge < -0.3 is 20.8 Å². The molecule has 0 saturated carbocycles. The molecule has 0 atom stereocenters. The molecule has 1 aromatic rings. The van der Waals surface area contributed by atoms with E-state index in [1.807, 2.05) is 6.92 Å². The molecule has 0 saturated heterocycles. The first-order valence-corrected chi connectivity index (χ1v) is 8.10. The van der Waals surface area contributed by atoms with Crippen LogP contribution in [0.25, 0.3) is 5.70 Å². The molecule has 0 aliphatic rings. The van der Waals surface area contributed by atoms with Gasteiger partial charge in [-0.1, -0.05) is 18.5 Å². The van der Waals surface area contributed by atoms with Gasteiger partial charge in [-0.3, -0.25) is 9.59 Å². The number of allylic oxidation sites excluding steroid dienone is 1. The maximum atomic E-state index is 13.9. The Balaban J connectivity index is 3.02. The van der Waals surface area contributed by atoms with E-state index >= 15 is 0 Å². The summed E-state index contributed by atoms with van der Waals surface area (Å²) in [7, 11) is 1.26. The van der Waals surface area contributed by atoms with Crippen LogP contribution in [0.15, 0.2) is 23.2 Å². The highest BCUT2D eigenvalue weighted by Gasteiger charge is 2.13. The second kappa shape index (κ2) is 10.5. The lowest BCUT2D eigenvalue weighted by atomic mass is 10.1. The molecule has 0 bridgehead atoms. The van der Waals surface area contributed by atoms with E-state index in [-0.39, 0.29) is 23.6 Å². The van der Waals surface area contributed by atoms with Crippen LogP contribution < -0.4 is 10.6 Å². The highest BCUT2D eigenvalue weighted by Crippen LogP contribution is 2.21. The van der Waals surface area contributed by atoms with Crippen molar-refractivity contribution in [2.45, 2.75) is 19.8 Å². The van der Waals surface area contributed by atoms with Crippen LogP contribution in [0.5, 0.6) is 0 Å². The first-order chi connectivity index (χ1) is 11.9. The lowest BCUT2D eigenvalue weighted by Gasteiger charge is -2.13. The molecule has 1 aromatic carbocycles. The molecule has 8 heteroatoms. The molecule has 6 nitrogen and oxygen atoms in total. The standard InChI is InChI=1S/C17H21ClFN3O3/c1-3-5-21-16(14(18)10-20)11-7-12(9-13(19)8-11)17(24)22-6-4-15(23)25-2/h7-10,20-21H,3-6H2,1-2H3,(H,22,24)/b16-14+,20-10?. The van der Waals surface area contributed by atoms with Gasteiger partial charge >= 0.3 is 5.97 Å². The maximum Gasteiger partial charge on any atom is 0.307 e. The number of methoxy groups -OCH3 is 1. The SMILES string of the molecule is CCCN/C(=C(/Cl)C=N)c1cc(F)cc(C(=O)NCCC(=O)OC)c1. The van der Waals surface area contributed by atoms with Crippen molar-refractivity contribution in [2.75, 3.05) is 20.2 Å². The van der Waals surface area contributed by atoms with Crippen LogP contribution in [0.3, 0.4) is 0 Å². The quantitative estimate of drug-likeness (QED) is 0.461. The number of carbonyl (C=O) groups is 2. The summed E-state index contributed by atoms with van der Waals surface area (Å²) in [5, 5.41) is 13.0. The predicted molar refractivity (Wildman–Crippen MR) is 95.2 cm³/mol. The molecular formula is C17H21ClFN3O3. The van der Waals surface area contributed by atoms with Gasteiger partial charge in [0.1, 0.15) is 5.82 Å². The summed E-state index contributed by atoms with van der Waals surface area (Å²) >= 11 is 6.02. The largest absolute Gasteiger partial charge is 0.469 e. The van der Waals surface area contributed by atoms with Crippen LogP contribution in [0.2, 0.25) is 0 Å². The summed E-state index contributed by atoms with van der Waals surface area (Å²) < 4.78 is 18.4. The summed E-state index contributed by atoms with van der Waals surface area (Å²) in [6.45, 7) is 2.61. The fourth-order valence-electron chi connectivity index (χ4n) is 1.99. The maximum absolute atomic E-state index is 13.9. The van der Waals surface area contributed by atoms with E-state index < -0.39 is 17.7 Å². The number of benzene rings is 1. The highest BCUT2D eigenvalue weighted by molar-refractivity contribution is 6.42. The summed E-state index contributed by atoms with van der Waals surface area (Å²) in [5.41, 5.74) is 0.826. The molecule has 0 radical (unpaired) electrons. The summed E-state index contributed by atoms with van der Waals surface area (Å²) in [6.07, 6.45) is 1.77. The molecule has 0 heterocycles.